The summed E-state index contributed by atoms with van der Waals surface area (Å²) in [4.78, 5) is 0. The van der Waals surface area contributed by atoms with Crippen LogP contribution in [0.3, 0.4) is 0 Å². The number of para-hydroxylation sites is 2. The topological polar surface area (TPSA) is 18.5 Å². The highest BCUT2D eigenvalue weighted by atomic mass is 16.7. The molecule has 2 heteroatoms. The van der Waals surface area contributed by atoms with Crippen molar-refractivity contribution in [3.63, 3.8) is 0 Å². The van der Waals surface area contributed by atoms with Gasteiger partial charge in [0.2, 0.25) is 0 Å². The highest BCUT2D eigenvalue weighted by Crippen LogP contribution is 2.33. The Labute approximate surface area is 71.4 Å². The Balaban J connectivity index is 2.22. The van der Waals surface area contributed by atoms with Gasteiger partial charge in [0.15, 0.2) is 11.5 Å². The van der Waals surface area contributed by atoms with Crippen molar-refractivity contribution in [2.45, 2.75) is 13.2 Å². The van der Waals surface area contributed by atoms with E-state index in [0.29, 0.717) is 0 Å². The molecule has 0 aromatic heterocycles. The van der Waals surface area contributed by atoms with Crippen LogP contribution in [0.15, 0.2) is 36.4 Å². The van der Waals surface area contributed by atoms with E-state index in [0.717, 1.165) is 11.5 Å². The number of hydrogen-bond donors (Lipinski definition) is 0. The van der Waals surface area contributed by atoms with Crippen LogP contribution in [0.1, 0.15) is 6.92 Å². The molecule has 0 fully saturated rings. The number of hydrogen-bond acceptors (Lipinski definition) is 2. The minimum absolute atomic E-state index is 0.243. The average molecular weight is 162 g/mol. The first kappa shape index (κ1) is 7.22. The Morgan fingerprint density at radius 1 is 1.17 bits per heavy atom. The van der Waals surface area contributed by atoms with E-state index in [1.165, 1.54) is 0 Å². The molecular formula is C10H10O2. The second-order valence-corrected chi connectivity index (χ2v) is 2.58. The summed E-state index contributed by atoms with van der Waals surface area (Å²) in [7, 11) is 0. The molecule has 2 rings (SSSR count). The van der Waals surface area contributed by atoms with Crippen LogP contribution in [0, 0.1) is 0 Å². The number of fused-ring (bicyclic) bond motifs is 1. The van der Waals surface area contributed by atoms with Gasteiger partial charge in [-0.3, -0.25) is 0 Å². The Morgan fingerprint density at radius 3 is 2.25 bits per heavy atom. The molecule has 1 heterocycles. The minimum Gasteiger partial charge on any atom is -0.447 e. The van der Waals surface area contributed by atoms with E-state index in [4.69, 9.17) is 9.47 Å². The average Bonchev–Trinajstić information content (AvgIpc) is 2.47. The fraction of sp³-hybridized carbons (Fsp3) is 0.200. The number of benzene rings is 1. The van der Waals surface area contributed by atoms with Crippen molar-refractivity contribution in [3.05, 3.63) is 36.4 Å². The number of allylic oxidation sites excluding steroid dienone is 1. The van der Waals surface area contributed by atoms with Crippen molar-refractivity contribution >= 4 is 0 Å². The van der Waals surface area contributed by atoms with Gasteiger partial charge in [-0.25, -0.2) is 0 Å². The minimum atomic E-state index is -0.243. The summed E-state index contributed by atoms with van der Waals surface area (Å²) in [6.07, 6.45) is 3.55. The molecule has 0 atom stereocenters. The number of rotatable bonds is 1. The summed E-state index contributed by atoms with van der Waals surface area (Å²) in [5.41, 5.74) is 0. The van der Waals surface area contributed by atoms with Crippen LogP contribution in [-0.2, 0) is 0 Å². The summed E-state index contributed by atoms with van der Waals surface area (Å²) in [5.74, 6) is 1.64. The number of ether oxygens (including phenoxy) is 2. The first-order valence-corrected chi connectivity index (χ1v) is 3.95. The van der Waals surface area contributed by atoms with Crippen molar-refractivity contribution in [2.75, 3.05) is 0 Å². The molecule has 0 bridgehead atoms. The normalized spacial score (nSPS) is 15.8. The Bertz CT molecular complexity index is 279. The lowest BCUT2D eigenvalue weighted by Gasteiger charge is -2.02. The molecule has 0 radical (unpaired) electrons. The van der Waals surface area contributed by atoms with Crippen LogP contribution in [-0.4, -0.2) is 6.29 Å². The van der Waals surface area contributed by atoms with Gasteiger partial charge in [0.1, 0.15) is 0 Å². The van der Waals surface area contributed by atoms with Gasteiger partial charge in [-0.2, -0.15) is 0 Å². The van der Waals surface area contributed by atoms with Crippen molar-refractivity contribution in [1.82, 2.24) is 0 Å². The predicted octanol–water partition coefficient (Wildman–Crippen LogP) is 2.36. The molecule has 0 aliphatic carbocycles. The quantitative estimate of drug-likeness (QED) is 0.590. The zero-order valence-electron chi connectivity index (χ0n) is 6.86. The van der Waals surface area contributed by atoms with Crippen LogP contribution in [0.4, 0.5) is 0 Å². The largest absolute Gasteiger partial charge is 0.447 e. The smallest absolute Gasteiger partial charge is 0.261 e. The first-order chi connectivity index (χ1) is 5.90. The molecule has 0 saturated heterocycles. The van der Waals surface area contributed by atoms with Gasteiger partial charge in [0.05, 0.1) is 0 Å². The second-order valence-electron chi connectivity index (χ2n) is 2.58. The maximum atomic E-state index is 5.44. The lowest BCUT2D eigenvalue weighted by molar-refractivity contribution is 0.0951. The molecule has 1 aromatic carbocycles. The molecule has 2 nitrogen and oxygen atoms in total. The highest BCUT2D eigenvalue weighted by Gasteiger charge is 2.19. The predicted molar refractivity (Wildman–Crippen MR) is 46.3 cm³/mol. The van der Waals surface area contributed by atoms with Crippen molar-refractivity contribution in [3.8, 4) is 11.5 Å². The van der Waals surface area contributed by atoms with Crippen LogP contribution in [0.25, 0.3) is 0 Å². The molecule has 1 aliphatic rings. The van der Waals surface area contributed by atoms with Gasteiger partial charge < -0.3 is 9.47 Å². The van der Waals surface area contributed by atoms with Crippen LogP contribution in [0.2, 0.25) is 0 Å². The first-order valence-electron chi connectivity index (χ1n) is 3.95. The third-order valence-electron chi connectivity index (χ3n) is 1.68. The molecular weight excluding hydrogens is 152 g/mol. The second kappa shape index (κ2) is 2.89. The van der Waals surface area contributed by atoms with Crippen molar-refractivity contribution in [1.29, 1.82) is 0 Å². The van der Waals surface area contributed by atoms with Gasteiger partial charge in [-0.15, -0.1) is 0 Å². The Morgan fingerprint density at radius 2 is 1.75 bits per heavy atom. The molecule has 12 heavy (non-hydrogen) atoms. The molecule has 0 saturated carbocycles. The van der Waals surface area contributed by atoms with Crippen molar-refractivity contribution < 1.29 is 9.47 Å². The van der Waals surface area contributed by atoms with Gasteiger partial charge in [0.25, 0.3) is 6.29 Å². The van der Waals surface area contributed by atoms with Crippen LogP contribution in [0.5, 0.6) is 11.5 Å². The van der Waals surface area contributed by atoms with Gasteiger partial charge in [-0.05, 0) is 25.1 Å². The summed E-state index contributed by atoms with van der Waals surface area (Å²) in [6.45, 7) is 1.94. The maximum absolute atomic E-state index is 5.44. The summed E-state index contributed by atoms with van der Waals surface area (Å²) in [5, 5.41) is 0. The highest BCUT2D eigenvalue weighted by molar-refractivity contribution is 5.42. The van der Waals surface area contributed by atoms with Crippen LogP contribution >= 0.6 is 0 Å². The summed E-state index contributed by atoms with van der Waals surface area (Å²) < 4.78 is 10.9. The molecule has 0 N–H and O–H groups in total. The maximum Gasteiger partial charge on any atom is 0.261 e. The van der Waals surface area contributed by atoms with E-state index in [9.17, 15) is 0 Å². The standard InChI is InChI=1S/C10H10O2/c1-2-5-10-11-8-6-3-4-7-9(8)12-10/h2-7,10H,1H3/b5-2-. The lowest BCUT2D eigenvalue weighted by Crippen LogP contribution is -2.13. The third kappa shape index (κ3) is 1.16. The molecule has 0 spiro atoms. The van der Waals surface area contributed by atoms with E-state index in [1.54, 1.807) is 0 Å². The molecule has 62 valence electrons. The monoisotopic (exact) mass is 162 g/mol. The molecule has 0 unspecified atom stereocenters. The van der Waals surface area contributed by atoms with Gasteiger partial charge in [-0.1, -0.05) is 18.2 Å². The lowest BCUT2D eigenvalue weighted by atomic mass is 10.3. The zero-order valence-corrected chi connectivity index (χ0v) is 6.86. The molecule has 0 amide bonds. The molecule has 1 aliphatic heterocycles. The fourth-order valence-electron chi connectivity index (χ4n) is 1.15. The van der Waals surface area contributed by atoms with E-state index in [2.05, 4.69) is 0 Å². The molecule has 1 aromatic rings. The third-order valence-corrected chi connectivity index (χ3v) is 1.68. The van der Waals surface area contributed by atoms with E-state index in [-0.39, 0.29) is 6.29 Å². The van der Waals surface area contributed by atoms with E-state index in [1.807, 2.05) is 43.3 Å². The van der Waals surface area contributed by atoms with Gasteiger partial charge >= 0.3 is 0 Å². The Kier molecular flexibility index (Phi) is 1.74. The zero-order chi connectivity index (χ0) is 8.39. The van der Waals surface area contributed by atoms with Crippen LogP contribution < -0.4 is 9.47 Å². The Hall–Kier alpha value is -1.44. The van der Waals surface area contributed by atoms with E-state index < -0.39 is 0 Å². The summed E-state index contributed by atoms with van der Waals surface area (Å²) >= 11 is 0. The summed E-state index contributed by atoms with van der Waals surface area (Å²) in [6, 6.07) is 7.66. The van der Waals surface area contributed by atoms with Gasteiger partial charge in [0, 0.05) is 0 Å². The van der Waals surface area contributed by atoms with E-state index >= 15 is 0 Å². The van der Waals surface area contributed by atoms with Crippen molar-refractivity contribution in [2.24, 2.45) is 0 Å². The fourth-order valence-corrected chi connectivity index (χ4v) is 1.15. The SMILES string of the molecule is C/C=C\C1Oc2ccccc2O1.